The third-order valence-corrected chi connectivity index (χ3v) is 7.23. The number of ketones is 1. The Morgan fingerprint density at radius 3 is 1.38 bits per heavy atom. The van der Waals surface area contributed by atoms with Crippen molar-refractivity contribution in [3.8, 4) is 11.1 Å². The van der Waals surface area contributed by atoms with Crippen molar-refractivity contribution in [2.24, 2.45) is 0 Å². The standard InChI is InChI=1S/C36H26O/c37-35(26-25-34-32-22-12-4-11-21-30(32)31-23-13-14-24-33(31)34)36(27-15-5-1-6-16-27,28-17-7-2-8-18-28)29-19-9-3-10-20-29/h1-26H/b26-25+. The van der Waals surface area contributed by atoms with E-state index < -0.39 is 5.41 Å². The van der Waals surface area contributed by atoms with Crippen LogP contribution in [0, 0.1) is 0 Å². The molecule has 0 spiro atoms. The van der Waals surface area contributed by atoms with Crippen molar-refractivity contribution >= 4 is 22.6 Å². The molecule has 0 atom stereocenters. The van der Waals surface area contributed by atoms with Gasteiger partial charge in [0, 0.05) is 0 Å². The van der Waals surface area contributed by atoms with Gasteiger partial charge in [-0.25, -0.2) is 0 Å². The summed E-state index contributed by atoms with van der Waals surface area (Å²) in [6.07, 6.45) is 3.79. The third-order valence-electron chi connectivity index (χ3n) is 7.23. The third kappa shape index (κ3) is 3.86. The van der Waals surface area contributed by atoms with Gasteiger partial charge in [0.05, 0.1) is 0 Å². The first-order valence-corrected chi connectivity index (χ1v) is 12.6. The Bertz CT molecular complexity index is 1570. The number of hydrogen-bond acceptors (Lipinski definition) is 1. The number of carbonyl (C=O) groups excluding carboxylic acids is 1. The smallest absolute Gasteiger partial charge is 0.175 e. The summed E-state index contributed by atoms with van der Waals surface area (Å²) in [5.74, 6) is 0.0230. The fourth-order valence-corrected chi connectivity index (χ4v) is 5.57. The van der Waals surface area contributed by atoms with E-state index in [0.717, 1.165) is 33.2 Å². The van der Waals surface area contributed by atoms with E-state index in [0.29, 0.717) is 0 Å². The highest BCUT2D eigenvalue weighted by atomic mass is 16.1. The normalized spacial score (nSPS) is 11.8. The summed E-state index contributed by atoms with van der Waals surface area (Å²) in [4.78, 5) is 14.6. The van der Waals surface area contributed by atoms with Gasteiger partial charge in [0.15, 0.2) is 5.78 Å². The average Bonchev–Trinajstić information content (AvgIpc) is 3.08. The lowest BCUT2D eigenvalue weighted by Crippen LogP contribution is -2.37. The molecule has 0 bridgehead atoms. The average molecular weight is 475 g/mol. The van der Waals surface area contributed by atoms with Gasteiger partial charge in [0.2, 0.25) is 0 Å². The van der Waals surface area contributed by atoms with E-state index >= 15 is 0 Å². The quantitative estimate of drug-likeness (QED) is 0.175. The molecule has 2 aliphatic carbocycles. The van der Waals surface area contributed by atoms with E-state index in [9.17, 15) is 4.79 Å². The van der Waals surface area contributed by atoms with Crippen LogP contribution < -0.4 is 0 Å². The SMILES string of the molecule is O=C(/C=C/c1c2cccccc-2c2ccccc12)C(c1ccccc1)(c1ccccc1)c1ccccc1. The summed E-state index contributed by atoms with van der Waals surface area (Å²) in [6.45, 7) is 0. The zero-order valence-corrected chi connectivity index (χ0v) is 20.4. The highest BCUT2D eigenvalue weighted by Gasteiger charge is 2.42. The van der Waals surface area contributed by atoms with Crippen molar-refractivity contribution in [3.05, 3.63) is 174 Å². The lowest BCUT2D eigenvalue weighted by molar-refractivity contribution is -0.117. The predicted molar refractivity (Wildman–Crippen MR) is 154 cm³/mol. The topological polar surface area (TPSA) is 17.1 Å². The van der Waals surface area contributed by atoms with Gasteiger partial charge in [-0.05, 0) is 50.2 Å². The van der Waals surface area contributed by atoms with Crippen LogP contribution in [0.2, 0.25) is 0 Å². The Morgan fingerprint density at radius 1 is 0.459 bits per heavy atom. The van der Waals surface area contributed by atoms with Gasteiger partial charge in [-0.3, -0.25) is 4.79 Å². The lowest BCUT2D eigenvalue weighted by Gasteiger charge is -2.33. The van der Waals surface area contributed by atoms with E-state index in [1.165, 1.54) is 10.9 Å². The molecule has 0 aliphatic heterocycles. The Kier molecular flexibility index (Phi) is 5.96. The van der Waals surface area contributed by atoms with Crippen molar-refractivity contribution in [2.45, 2.75) is 5.41 Å². The van der Waals surface area contributed by atoms with Crippen molar-refractivity contribution in [3.63, 3.8) is 0 Å². The van der Waals surface area contributed by atoms with E-state index in [-0.39, 0.29) is 5.78 Å². The molecule has 4 aromatic carbocycles. The second kappa shape index (κ2) is 9.72. The summed E-state index contributed by atoms with van der Waals surface area (Å²) < 4.78 is 0. The minimum Gasteiger partial charge on any atom is -0.293 e. The molecule has 0 radical (unpaired) electrons. The molecule has 2 aliphatic rings. The number of fused-ring (bicyclic) bond motifs is 3. The molecule has 0 fully saturated rings. The largest absolute Gasteiger partial charge is 0.293 e. The minimum absolute atomic E-state index is 0.0230. The molecule has 0 unspecified atom stereocenters. The van der Waals surface area contributed by atoms with Crippen molar-refractivity contribution in [1.82, 2.24) is 0 Å². The molecule has 0 saturated heterocycles. The molecule has 4 aromatic rings. The van der Waals surface area contributed by atoms with Gasteiger partial charge in [-0.2, -0.15) is 0 Å². The summed E-state index contributed by atoms with van der Waals surface area (Å²) in [5.41, 5.74) is 5.27. The minimum atomic E-state index is -0.969. The highest BCUT2D eigenvalue weighted by Crippen LogP contribution is 2.42. The maximum absolute atomic E-state index is 14.6. The molecule has 0 N–H and O–H groups in total. The number of carbonyl (C=O) groups is 1. The van der Waals surface area contributed by atoms with E-state index in [1.54, 1.807) is 6.08 Å². The molecular formula is C36H26O. The van der Waals surface area contributed by atoms with Crippen LogP contribution >= 0.6 is 0 Å². The van der Waals surface area contributed by atoms with Gasteiger partial charge in [-0.1, -0.05) is 152 Å². The van der Waals surface area contributed by atoms with E-state index in [2.05, 4.69) is 84.9 Å². The molecule has 1 nitrogen and oxygen atoms in total. The van der Waals surface area contributed by atoms with Gasteiger partial charge < -0.3 is 0 Å². The highest BCUT2D eigenvalue weighted by molar-refractivity contribution is 6.13. The summed E-state index contributed by atoms with van der Waals surface area (Å²) >= 11 is 0. The summed E-state index contributed by atoms with van der Waals surface area (Å²) in [6, 6.07) is 49.2. The molecular weight excluding hydrogens is 448 g/mol. The monoisotopic (exact) mass is 474 g/mol. The maximum Gasteiger partial charge on any atom is 0.175 e. The van der Waals surface area contributed by atoms with Crippen LogP contribution in [0.3, 0.4) is 0 Å². The molecule has 0 amide bonds. The van der Waals surface area contributed by atoms with Gasteiger partial charge in [0.1, 0.15) is 5.41 Å². The fourth-order valence-electron chi connectivity index (χ4n) is 5.57. The molecule has 37 heavy (non-hydrogen) atoms. The zero-order chi connectivity index (χ0) is 25.1. The van der Waals surface area contributed by atoms with Crippen LogP contribution in [0.4, 0.5) is 0 Å². The number of allylic oxidation sites excluding steroid dienone is 1. The first-order valence-electron chi connectivity index (χ1n) is 12.6. The summed E-state index contributed by atoms with van der Waals surface area (Å²) in [5, 5.41) is 2.35. The van der Waals surface area contributed by atoms with Gasteiger partial charge >= 0.3 is 0 Å². The number of hydrogen-bond donors (Lipinski definition) is 0. The maximum atomic E-state index is 14.6. The van der Waals surface area contributed by atoms with Crippen molar-refractivity contribution in [2.75, 3.05) is 0 Å². The molecule has 0 aromatic heterocycles. The first-order chi connectivity index (χ1) is 18.3. The van der Waals surface area contributed by atoms with Gasteiger partial charge in [-0.15, -0.1) is 0 Å². The molecule has 0 heterocycles. The Morgan fingerprint density at radius 2 is 0.865 bits per heavy atom. The van der Waals surface area contributed by atoms with Crippen LogP contribution in [0.15, 0.2) is 152 Å². The first kappa shape index (κ1) is 22.7. The number of rotatable bonds is 6. The molecule has 0 saturated carbocycles. The Balaban J connectivity index is 1.58. The lowest BCUT2D eigenvalue weighted by atomic mass is 9.66. The van der Waals surface area contributed by atoms with Crippen molar-refractivity contribution < 1.29 is 4.79 Å². The fraction of sp³-hybridized carbons (Fsp3) is 0.0278. The van der Waals surface area contributed by atoms with Crippen LogP contribution in [0.1, 0.15) is 22.3 Å². The summed E-state index contributed by atoms with van der Waals surface area (Å²) in [7, 11) is 0. The van der Waals surface area contributed by atoms with Gasteiger partial charge in [0.25, 0.3) is 0 Å². The molecule has 1 heteroatoms. The van der Waals surface area contributed by atoms with Crippen molar-refractivity contribution in [1.29, 1.82) is 0 Å². The molecule has 6 rings (SSSR count). The van der Waals surface area contributed by atoms with Crippen LogP contribution in [0.5, 0.6) is 0 Å². The zero-order valence-electron chi connectivity index (χ0n) is 20.4. The Hall–Kier alpha value is -4.75. The van der Waals surface area contributed by atoms with Crippen LogP contribution in [-0.2, 0) is 10.2 Å². The molecule has 176 valence electrons. The second-order valence-corrected chi connectivity index (χ2v) is 9.24. The number of benzene rings is 4. The Labute approximate surface area is 217 Å². The van der Waals surface area contributed by atoms with E-state index in [1.807, 2.05) is 66.7 Å². The van der Waals surface area contributed by atoms with Crippen LogP contribution in [-0.4, -0.2) is 5.78 Å². The van der Waals surface area contributed by atoms with E-state index in [4.69, 9.17) is 0 Å². The second-order valence-electron chi connectivity index (χ2n) is 9.24. The van der Waals surface area contributed by atoms with Crippen LogP contribution in [0.25, 0.3) is 28.0 Å². The predicted octanol–water partition coefficient (Wildman–Crippen LogP) is 8.56.